The van der Waals surface area contributed by atoms with E-state index >= 15 is 0 Å². The van der Waals surface area contributed by atoms with E-state index in [1.165, 1.54) is 6.07 Å². The number of hydrogen-bond donors (Lipinski definition) is 3. The zero-order valence-corrected chi connectivity index (χ0v) is 16.9. The fraction of sp³-hybridized carbons (Fsp3) is 0.0500. The highest BCUT2D eigenvalue weighted by atomic mass is 35.5. The third-order valence-corrected chi connectivity index (χ3v) is 5.03. The summed E-state index contributed by atoms with van der Waals surface area (Å²) in [7, 11) is 1.86. The number of aryl methyl sites for hydroxylation is 1. The maximum atomic E-state index is 11.3. The van der Waals surface area contributed by atoms with E-state index in [9.17, 15) is 4.79 Å². The van der Waals surface area contributed by atoms with Gasteiger partial charge in [0.2, 0.25) is 5.91 Å². The summed E-state index contributed by atoms with van der Waals surface area (Å²) >= 11 is 6.20. The minimum atomic E-state index is -0.563. The molecule has 1 aromatic carbocycles. The second kappa shape index (κ2) is 7.26. The van der Waals surface area contributed by atoms with Crippen molar-refractivity contribution in [1.29, 1.82) is 0 Å². The molecule has 0 aliphatic heterocycles. The number of hydrogen-bond acceptors (Lipinski definition) is 7. The second-order valence-corrected chi connectivity index (χ2v) is 7.23. The molecule has 5 rings (SSSR count). The summed E-state index contributed by atoms with van der Waals surface area (Å²) in [5.41, 5.74) is 9.34. The number of carbonyl (C=O) groups is 1. The van der Waals surface area contributed by atoms with Crippen LogP contribution in [0.2, 0.25) is 5.02 Å². The molecule has 0 saturated carbocycles. The molecule has 0 bridgehead atoms. The molecule has 4 heterocycles. The summed E-state index contributed by atoms with van der Waals surface area (Å²) in [4.78, 5) is 18.8. The van der Waals surface area contributed by atoms with Gasteiger partial charge in [-0.05, 0) is 24.3 Å². The van der Waals surface area contributed by atoms with Crippen LogP contribution in [0.3, 0.4) is 0 Å². The first-order chi connectivity index (χ1) is 15.0. The van der Waals surface area contributed by atoms with Crippen molar-refractivity contribution in [2.75, 3.05) is 5.32 Å². The molecule has 31 heavy (non-hydrogen) atoms. The Morgan fingerprint density at radius 2 is 2.10 bits per heavy atom. The molecule has 154 valence electrons. The van der Waals surface area contributed by atoms with Crippen LogP contribution < -0.4 is 11.1 Å². The number of halogens is 1. The zero-order chi connectivity index (χ0) is 21.5. The fourth-order valence-electron chi connectivity index (χ4n) is 3.18. The highest BCUT2D eigenvalue weighted by Gasteiger charge is 2.16. The number of nitrogens with one attached hydrogen (secondary N) is 2. The maximum Gasteiger partial charge on any atom is 0.320 e. The average Bonchev–Trinajstić information content (AvgIpc) is 3.48. The van der Waals surface area contributed by atoms with Gasteiger partial charge in [-0.1, -0.05) is 16.7 Å². The number of aromatic nitrogens is 6. The number of anilines is 2. The van der Waals surface area contributed by atoms with Crippen LogP contribution in [0.25, 0.3) is 33.6 Å². The molecule has 0 atom stereocenters. The quantitative estimate of drug-likeness (QED) is 0.384. The number of carbonyl (C=O) groups excluding carboxylic acids is 1. The van der Waals surface area contributed by atoms with Crippen molar-refractivity contribution in [3.63, 3.8) is 0 Å². The van der Waals surface area contributed by atoms with Gasteiger partial charge in [-0.2, -0.15) is 5.10 Å². The van der Waals surface area contributed by atoms with Crippen molar-refractivity contribution in [3.05, 3.63) is 59.6 Å². The molecule has 1 amide bonds. The normalized spacial score (nSPS) is 11.2. The van der Waals surface area contributed by atoms with Crippen LogP contribution >= 0.6 is 11.6 Å². The van der Waals surface area contributed by atoms with Crippen LogP contribution in [0.4, 0.5) is 11.7 Å². The molecular weight excluding hydrogens is 420 g/mol. The first-order valence-electron chi connectivity index (χ1n) is 9.14. The maximum absolute atomic E-state index is 11.3. The molecule has 0 aliphatic rings. The Hall–Kier alpha value is -4.18. The van der Waals surface area contributed by atoms with E-state index in [-0.39, 0.29) is 6.01 Å². The minimum Gasteiger partial charge on any atom is -0.403 e. The first-order valence-corrected chi connectivity index (χ1v) is 9.52. The Morgan fingerprint density at radius 3 is 2.84 bits per heavy atom. The van der Waals surface area contributed by atoms with Crippen molar-refractivity contribution in [3.8, 4) is 22.6 Å². The van der Waals surface area contributed by atoms with Gasteiger partial charge in [0.1, 0.15) is 5.65 Å². The predicted octanol–water partition coefficient (Wildman–Crippen LogP) is 3.51. The van der Waals surface area contributed by atoms with Gasteiger partial charge in [0.05, 0.1) is 22.5 Å². The number of benzene rings is 1. The summed E-state index contributed by atoms with van der Waals surface area (Å²) in [5, 5.41) is 16.4. The third-order valence-electron chi connectivity index (χ3n) is 4.72. The van der Waals surface area contributed by atoms with E-state index in [0.717, 1.165) is 16.5 Å². The van der Waals surface area contributed by atoms with Gasteiger partial charge in [-0.15, -0.1) is 5.10 Å². The number of primary amides is 1. The lowest BCUT2D eigenvalue weighted by molar-refractivity contribution is 0.100. The molecule has 0 aliphatic carbocycles. The average molecular weight is 435 g/mol. The Labute approximate surface area is 180 Å². The molecule has 0 unspecified atom stereocenters. The number of nitrogens with zero attached hydrogens (tertiary/aromatic N) is 5. The van der Waals surface area contributed by atoms with Gasteiger partial charge in [-0.25, -0.2) is 4.98 Å². The number of amides is 1. The van der Waals surface area contributed by atoms with E-state index in [1.807, 2.05) is 19.3 Å². The number of rotatable bonds is 5. The van der Waals surface area contributed by atoms with Crippen LogP contribution in [0.5, 0.6) is 0 Å². The third kappa shape index (κ3) is 3.49. The number of nitrogens with two attached hydrogens (primary N) is 1. The molecule has 4 aromatic heterocycles. The molecule has 11 heteroatoms. The summed E-state index contributed by atoms with van der Waals surface area (Å²) in [6.45, 7) is 0. The molecule has 0 fully saturated rings. The zero-order valence-electron chi connectivity index (χ0n) is 16.1. The smallest absolute Gasteiger partial charge is 0.320 e. The number of fused-ring (bicyclic) bond motifs is 1. The van der Waals surface area contributed by atoms with E-state index < -0.39 is 5.91 Å². The van der Waals surface area contributed by atoms with E-state index in [2.05, 4.69) is 30.6 Å². The fourth-order valence-corrected chi connectivity index (χ4v) is 3.40. The molecule has 5 aromatic rings. The topological polar surface area (TPSA) is 141 Å². The molecule has 0 radical (unpaired) electrons. The lowest BCUT2D eigenvalue weighted by atomic mass is 10.1. The Kier molecular flexibility index (Phi) is 4.41. The summed E-state index contributed by atoms with van der Waals surface area (Å²) in [6.07, 6.45) is 7.23. The number of aromatic amines is 1. The highest BCUT2D eigenvalue weighted by molar-refractivity contribution is 6.33. The lowest BCUT2D eigenvalue weighted by Crippen LogP contribution is -2.10. The standard InChI is InChI=1S/C20H15ClN8O2/c1-29-9-12(7-25-29)11-4-13-14(8-24-18(13)23-6-11)19-27-28-20(31-19)26-16-3-2-10(17(22)30)5-15(16)21/h2-9H,1H3,(H2,22,30)(H,23,24)(H,26,28). The monoisotopic (exact) mass is 434 g/mol. The van der Waals surface area contributed by atoms with Crippen molar-refractivity contribution in [2.45, 2.75) is 0 Å². The van der Waals surface area contributed by atoms with Crippen LogP contribution in [0.1, 0.15) is 10.4 Å². The van der Waals surface area contributed by atoms with Crippen LogP contribution in [0, 0.1) is 0 Å². The Morgan fingerprint density at radius 1 is 1.23 bits per heavy atom. The van der Waals surface area contributed by atoms with Crippen LogP contribution in [0.15, 0.2) is 53.5 Å². The van der Waals surface area contributed by atoms with Crippen molar-refractivity contribution < 1.29 is 9.21 Å². The summed E-state index contributed by atoms with van der Waals surface area (Å²) in [6, 6.07) is 6.77. The van der Waals surface area contributed by atoms with Crippen molar-refractivity contribution in [1.82, 2.24) is 29.9 Å². The lowest BCUT2D eigenvalue weighted by Gasteiger charge is -2.05. The van der Waals surface area contributed by atoms with E-state index in [1.54, 1.807) is 35.4 Å². The largest absolute Gasteiger partial charge is 0.403 e. The first kappa shape index (κ1) is 18.8. The highest BCUT2D eigenvalue weighted by Crippen LogP contribution is 2.32. The molecule has 10 nitrogen and oxygen atoms in total. The minimum absolute atomic E-state index is 0.148. The molecule has 0 saturated heterocycles. The predicted molar refractivity (Wildman–Crippen MR) is 115 cm³/mol. The number of H-pyrrole nitrogens is 1. The SMILES string of the molecule is Cn1cc(-c2cnc3[nH]cc(-c4nnc(Nc5ccc(C(N)=O)cc5Cl)o4)c3c2)cn1. The summed E-state index contributed by atoms with van der Waals surface area (Å²) in [5.74, 6) is -0.254. The molecular formula is C20H15ClN8O2. The molecule has 4 N–H and O–H groups in total. The van der Waals surface area contributed by atoms with Gasteiger partial charge < -0.3 is 20.5 Å². The Bertz CT molecular complexity index is 1430. The van der Waals surface area contributed by atoms with E-state index in [4.69, 9.17) is 21.8 Å². The van der Waals surface area contributed by atoms with Gasteiger partial charge in [0.25, 0.3) is 5.89 Å². The van der Waals surface area contributed by atoms with E-state index in [0.29, 0.717) is 33.4 Å². The molecule has 0 spiro atoms. The van der Waals surface area contributed by atoms with Crippen molar-refractivity contribution in [2.24, 2.45) is 12.8 Å². The van der Waals surface area contributed by atoms with Gasteiger partial charge in [0.15, 0.2) is 0 Å². The van der Waals surface area contributed by atoms with Gasteiger partial charge in [0, 0.05) is 47.7 Å². The number of pyridine rings is 1. The van der Waals surface area contributed by atoms with Gasteiger partial charge >= 0.3 is 6.01 Å². The van der Waals surface area contributed by atoms with Gasteiger partial charge in [-0.3, -0.25) is 9.48 Å². The Balaban J connectivity index is 1.46. The second-order valence-electron chi connectivity index (χ2n) is 6.82. The van der Waals surface area contributed by atoms with Crippen LogP contribution in [-0.4, -0.2) is 35.9 Å². The van der Waals surface area contributed by atoms with Crippen molar-refractivity contribution >= 4 is 40.2 Å². The van der Waals surface area contributed by atoms with Crippen LogP contribution in [-0.2, 0) is 7.05 Å². The summed E-state index contributed by atoms with van der Waals surface area (Å²) < 4.78 is 7.51.